The second kappa shape index (κ2) is 10.9. The molecule has 13 heteroatoms. The Kier molecular flexibility index (Phi) is 8.27. The van der Waals surface area contributed by atoms with Gasteiger partial charge in [0.2, 0.25) is 10.0 Å². The smallest absolute Gasteiger partial charge is 0.329 e. The fraction of sp³-hybridized carbons (Fsp3) is 0.0500. The minimum absolute atomic E-state index is 0.0941. The second-order valence-corrected chi connectivity index (χ2v) is 9.95. The van der Waals surface area contributed by atoms with Crippen LogP contribution in [0.3, 0.4) is 0 Å². The first-order valence-corrected chi connectivity index (χ1v) is 12.1. The maximum Gasteiger partial charge on any atom is 0.329 e. The molecule has 0 saturated carbocycles. The van der Waals surface area contributed by atoms with E-state index in [1.54, 1.807) is 18.2 Å². The molecule has 0 bridgehead atoms. The molecule has 0 radical (unpaired) electrons. The Balaban J connectivity index is 1.51. The predicted molar refractivity (Wildman–Crippen MR) is 128 cm³/mol. The Hall–Kier alpha value is -2.70. The van der Waals surface area contributed by atoms with Gasteiger partial charge in [-0.15, -0.1) is 0 Å². The number of carbonyl (C=O) groups excluding carboxylic acids is 2. The third-order valence-corrected chi connectivity index (χ3v) is 6.31. The number of carbonyl (C=O) groups is 2. The molecular formula is C20H15BrCl2N4O5S. The van der Waals surface area contributed by atoms with E-state index in [9.17, 15) is 18.0 Å². The van der Waals surface area contributed by atoms with Crippen molar-refractivity contribution in [1.82, 2.24) is 10.1 Å². The summed E-state index contributed by atoms with van der Waals surface area (Å²) in [4.78, 5) is 23.9. The van der Waals surface area contributed by atoms with E-state index in [0.29, 0.717) is 15.8 Å². The highest BCUT2D eigenvalue weighted by molar-refractivity contribution is 9.10. The largest absolute Gasteiger partial charge is 0.459 e. The monoisotopic (exact) mass is 572 g/mol. The zero-order valence-electron chi connectivity index (χ0n) is 16.5. The topological polar surface area (TPSA) is 130 Å². The van der Waals surface area contributed by atoms with Crippen molar-refractivity contribution >= 4 is 72.9 Å². The molecule has 1 aromatic heterocycles. The number of amides is 2. The summed E-state index contributed by atoms with van der Waals surface area (Å²) >= 11 is 14.9. The van der Waals surface area contributed by atoms with Crippen molar-refractivity contribution in [2.75, 3.05) is 5.32 Å². The lowest BCUT2D eigenvalue weighted by atomic mass is 10.3. The third kappa shape index (κ3) is 7.41. The first-order chi connectivity index (χ1) is 15.6. The minimum atomic E-state index is -3.72. The minimum Gasteiger partial charge on any atom is -0.459 e. The van der Waals surface area contributed by atoms with Crippen molar-refractivity contribution in [3.8, 4) is 0 Å². The van der Waals surface area contributed by atoms with Gasteiger partial charge in [0.1, 0.15) is 11.5 Å². The molecule has 33 heavy (non-hydrogen) atoms. The van der Waals surface area contributed by atoms with Crippen LogP contribution in [-0.4, -0.2) is 26.4 Å². The summed E-state index contributed by atoms with van der Waals surface area (Å²) in [5.41, 5.74) is 2.30. The molecule has 0 spiro atoms. The van der Waals surface area contributed by atoms with Crippen LogP contribution in [0.15, 0.2) is 73.5 Å². The highest BCUT2D eigenvalue weighted by Crippen LogP contribution is 2.22. The van der Waals surface area contributed by atoms with E-state index in [-0.39, 0.29) is 22.9 Å². The summed E-state index contributed by atoms with van der Waals surface area (Å²) in [5, 5.41) is 6.57. The van der Waals surface area contributed by atoms with Gasteiger partial charge < -0.3 is 9.73 Å². The number of rotatable bonds is 7. The van der Waals surface area contributed by atoms with Crippen LogP contribution in [0.2, 0.25) is 10.0 Å². The van der Waals surface area contributed by atoms with Gasteiger partial charge in [-0.3, -0.25) is 9.59 Å². The van der Waals surface area contributed by atoms with Gasteiger partial charge in [-0.25, -0.2) is 18.6 Å². The summed E-state index contributed by atoms with van der Waals surface area (Å²) in [6.07, 6.45) is 1.16. The fourth-order valence-electron chi connectivity index (χ4n) is 2.44. The molecule has 0 aliphatic heterocycles. The molecule has 9 nitrogen and oxygen atoms in total. The number of sulfonamides is 1. The lowest BCUT2D eigenvalue weighted by Gasteiger charge is -2.05. The summed E-state index contributed by atoms with van der Waals surface area (Å²) in [6.45, 7) is -0.0941. The molecule has 0 saturated heterocycles. The zero-order chi connectivity index (χ0) is 24.0. The first kappa shape index (κ1) is 24.9. The van der Waals surface area contributed by atoms with Gasteiger partial charge in [0.25, 0.3) is 0 Å². The van der Waals surface area contributed by atoms with Crippen molar-refractivity contribution in [3.63, 3.8) is 0 Å². The average molecular weight is 574 g/mol. The van der Waals surface area contributed by atoms with Crippen LogP contribution in [0.5, 0.6) is 0 Å². The van der Waals surface area contributed by atoms with E-state index in [1.165, 1.54) is 36.4 Å². The van der Waals surface area contributed by atoms with Crippen molar-refractivity contribution in [3.05, 3.63) is 80.6 Å². The summed E-state index contributed by atoms with van der Waals surface area (Å²) in [5.74, 6) is -1.46. The van der Waals surface area contributed by atoms with E-state index in [1.807, 2.05) is 5.43 Å². The average Bonchev–Trinajstić information content (AvgIpc) is 3.19. The highest BCUT2D eigenvalue weighted by atomic mass is 79.9. The molecule has 0 aliphatic carbocycles. The number of hydrogen-bond acceptors (Lipinski definition) is 6. The van der Waals surface area contributed by atoms with Crippen molar-refractivity contribution in [1.29, 1.82) is 0 Å². The molecule has 3 rings (SSSR count). The Bertz CT molecular complexity index is 1290. The SMILES string of the molecule is O=C(N/N=C/c1ccc(CNS(=O)(=O)c2ccc(Br)cc2)o1)C(=O)Nc1cc(Cl)cc(Cl)c1. The molecule has 3 N–H and O–H groups in total. The van der Waals surface area contributed by atoms with Gasteiger partial charge in [-0.05, 0) is 54.6 Å². The standard InChI is InChI=1S/C20H15BrCl2N4O5S/c21-12-1-5-18(6-2-12)33(30,31)25-11-17-4-3-16(32-17)10-24-27-20(29)19(28)26-15-8-13(22)7-14(23)9-15/h1-10,25H,11H2,(H,26,28)(H,27,29)/b24-10+. The number of hydrogen-bond donors (Lipinski definition) is 3. The van der Waals surface area contributed by atoms with E-state index >= 15 is 0 Å². The molecule has 0 aliphatic rings. The molecule has 3 aromatic rings. The quantitative estimate of drug-likeness (QED) is 0.224. The molecule has 0 atom stereocenters. The number of hydrazone groups is 1. The number of furan rings is 1. The molecule has 172 valence electrons. The summed E-state index contributed by atoms with van der Waals surface area (Å²) in [7, 11) is -3.72. The molecular weight excluding hydrogens is 559 g/mol. The van der Waals surface area contributed by atoms with Crippen LogP contribution in [0.25, 0.3) is 0 Å². The summed E-state index contributed by atoms with van der Waals surface area (Å²) < 4.78 is 33.2. The van der Waals surface area contributed by atoms with Crippen molar-refractivity contribution in [2.24, 2.45) is 5.10 Å². The van der Waals surface area contributed by atoms with Crippen molar-refractivity contribution < 1.29 is 22.4 Å². The maximum atomic E-state index is 12.3. The molecule has 1 heterocycles. The summed E-state index contributed by atoms with van der Waals surface area (Å²) in [6, 6.07) is 13.6. The lowest BCUT2D eigenvalue weighted by Crippen LogP contribution is -2.32. The molecule has 0 fully saturated rings. The van der Waals surface area contributed by atoms with E-state index in [4.69, 9.17) is 27.6 Å². The first-order valence-electron chi connectivity index (χ1n) is 9.07. The number of anilines is 1. The van der Waals surface area contributed by atoms with Gasteiger partial charge >= 0.3 is 11.8 Å². The lowest BCUT2D eigenvalue weighted by molar-refractivity contribution is -0.136. The molecule has 2 aromatic carbocycles. The van der Waals surface area contributed by atoms with Gasteiger partial charge in [0.15, 0.2) is 0 Å². The van der Waals surface area contributed by atoms with E-state index < -0.39 is 21.8 Å². The maximum absolute atomic E-state index is 12.3. The van der Waals surface area contributed by atoms with Crippen molar-refractivity contribution in [2.45, 2.75) is 11.4 Å². The Morgan fingerprint density at radius 2 is 1.67 bits per heavy atom. The highest BCUT2D eigenvalue weighted by Gasteiger charge is 2.15. The van der Waals surface area contributed by atoms with Gasteiger partial charge in [-0.2, -0.15) is 5.10 Å². The van der Waals surface area contributed by atoms with Crippen LogP contribution < -0.4 is 15.5 Å². The third-order valence-electron chi connectivity index (χ3n) is 3.93. The van der Waals surface area contributed by atoms with Crippen LogP contribution >= 0.6 is 39.1 Å². The normalized spacial score (nSPS) is 11.5. The van der Waals surface area contributed by atoms with Gasteiger partial charge in [0.05, 0.1) is 17.7 Å². The van der Waals surface area contributed by atoms with Crippen LogP contribution in [-0.2, 0) is 26.2 Å². The van der Waals surface area contributed by atoms with Gasteiger partial charge in [-0.1, -0.05) is 39.1 Å². The number of nitrogens with one attached hydrogen (secondary N) is 3. The van der Waals surface area contributed by atoms with E-state index in [2.05, 4.69) is 31.1 Å². The van der Waals surface area contributed by atoms with Gasteiger partial charge in [0, 0.05) is 20.2 Å². The Labute approximate surface area is 207 Å². The van der Waals surface area contributed by atoms with Crippen LogP contribution in [0, 0.1) is 0 Å². The van der Waals surface area contributed by atoms with Crippen LogP contribution in [0.4, 0.5) is 5.69 Å². The second-order valence-electron chi connectivity index (χ2n) is 6.39. The number of halogens is 3. The zero-order valence-corrected chi connectivity index (χ0v) is 20.4. The van der Waals surface area contributed by atoms with Crippen LogP contribution in [0.1, 0.15) is 11.5 Å². The number of benzene rings is 2. The van der Waals surface area contributed by atoms with E-state index in [0.717, 1.165) is 10.7 Å². The predicted octanol–water partition coefficient (Wildman–Crippen LogP) is 3.92. The molecule has 0 unspecified atom stereocenters. The Morgan fingerprint density at radius 1 is 1.00 bits per heavy atom. The fourth-order valence-corrected chi connectivity index (χ4v) is 4.22. The molecule has 2 amide bonds. The Morgan fingerprint density at radius 3 is 2.33 bits per heavy atom. The number of nitrogens with zero attached hydrogens (tertiary/aromatic N) is 1.